The van der Waals surface area contributed by atoms with Crippen molar-refractivity contribution >= 4 is 33.0 Å². The van der Waals surface area contributed by atoms with Crippen LogP contribution in [0.4, 0.5) is 27.6 Å². The van der Waals surface area contributed by atoms with E-state index in [0.717, 1.165) is 35.9 Å². The van der Waals surface area contributed by atoms with Crippen molar-refractivity contribution in [2.75, 3.05) is 11.1 Å². The summed E-state index contributed by atoms with van der Waals surface area (Å²) >= 11 is 5.42. The molecular formula is C16H14ClF5N2O3S. The Labute approximate surface area is 162 Å². The molecule has 1 N–H and O–H groups in total. The Morgan fingerprint density at radius 3 is 2.46 bits per heavy atom. The number of alkyl halides is 3. The van der Waals surface area contributed by atoms with E-state index in [1.54, 1.807) is 0 Å². The fourth-order valence-corrected chi connectivity index (χ4v) is 4.07. The first-order valence-electron chi connectivity index (χ1n) is 7.64. The van der Waals surface area contributed by atoms with Crippen molar-refractivity contribution in [3.8, 4) is 0 Å². The molecule has 1 aromatic heterocycles. The normalized spacial score (nSPS) is 13.4. The maximum absolute atomic E-state index is 13.9. The zero-order valence-corrected chi connectivity index (χ0v) is 16.0. The van der Waals surface area contributed by atoms with Crippen LogP contribution in [0.2, 0.25) is 5.02 Å². The molecule has 0 aliphatic rings. The first kappa shape index (κ1) is 22.2. The van der Waals surface area contributed by atoms with Gasteiger partial charge in [0.05, 0.1) is 22.3 Å². The number of benzene rings is 1. The van der Waals surface area contributed by atoms with Gasteiger partial charge in [0.2, 0.25) is 0 Å². The van der Waals surface area contributed by atoms with Crippen LogP contribution in [-0.4, -0.2) is 30.8 Å². The molecule has 0 saturated heterocycles. The minimum atomic E-state index is -4.69. The third-order valence-corrected chi connectivity index (χ3v) is 6.11. The second-order valence-electron chi connectivity index (χ2n) is 6.07. The van der Waals surface area contributed by atoms with Crippen LogP contribution in [0, 0.1) is 17.6 Å². The average molecular weight is 445 g/mol. The second kappa shape index (κ2) is 7.70. The lowest BCUT2D eigenvalue weighted by Crippen LogP contribution is -2.27. The van der Waals surface area contributed by atoms with Crippen LogP contribution in [0.25, 0.3) is 0 Å². The van der Waals surface area contributed by atoms with E-state index in [9.17, 15) is 35.2 Å². The van der Waals surface area contributed by atoms with Crippen LogP contribution < -0.4 is 5.32 Å². The lowest BCUT2D eigenvalue weighted by atomic mass is 10.2. The van der Waals surface area contributed by atoms with Crippen molar-refractivity contribution < 1.29 is 35.2 Å². The number of hydrogen-bond acceptors (Lipinski definition) is 3. The molecule has 0 radical (unpaired) electrons. The summed E-state index contributed by atoms with van der Waals surface area (Å²) in [6.45, 7) is 0.731. The van der Waals surface area contributed by atoms with Gasteiger partial charge in [0.1, 0.15) is 16.5 Å². The van der Waals surface area contributed by atoms with E-state index in [2.05, 4.69) is 5.32 Å². The predicted molar refractivity (Wildman–Crippen MR) is 92.0 cm³/mol. The van der Waals surface area contributed by atoms with Crippen LogP contribution in [0.1, 0.15) is 17.4 Å². The quantitative estimate of drug-likeness (QED) is 0.555. The van der Waals surface area contributed by atoms with Crippen molar-refractivity contribution in [1.29, 1.82) is 0 Å². The van der Waals surface area contributed by atoms with Gasteiger partial charge in [-0.2, -0.15) is 13.2 Å². The second-order valence-corrected chi connectivity index (χ2v) is 8.49. The first-order valence-corrected chi connectivity index (χ1v) is 9.67. The van der Waals surface area contributed by atoms with E-state index in [0.29, 0.717) is 0 Å². The molecule has 0 spiro atoms. The summed E-state index contributed by atoms with van der Waals surface area (Å²) in [4.78, 5) is 11.8. The lowest BCUT2D eigenvalue weighted by molar-refractivity contribution is -0.163. The zero-order chi connectivity index (χ0) is 21.4. The van der Waals surface area contributed by atoms with Crippen LogP contribution in [0.5, 0.6) is 0 Å². The van der Waals surface area contributed by atoms with Gasteiger partial charge < -0.3 is 9.88 Å². The zero-order valence-electron chi connectivity index (χ0n) is 14.4. The SMILES string of the molecule is C[C@H](CS(=O)(=O)c1cc(C(=O)Nc2ccc(F)c(Cl)c2F)n(C)c1)C(F)(F)F. The maximum Gasteiger partial charge on any atom is 0.392 e. The molecule has 0 saturated carbocycles. The van der Waals surface area contributed by atoms with Crippen LogP contribution in [0.15, 0.2) is 29.3 Å². The van der Waals surface area contributed by atoms with Crippen molar-refractivity contribution in [2.45, 2.75) is 18.0 Å². The largest absolute Gasteiger partial charge is 0.392 e. The van der Waals surface area contributed by atoms with Gasteiger partial charge in [0, 0.05) is 13.2 Å². The molecule has 1 aromatic carbocycles. The van der Waals surface area contributed by atoms with Crippen LogP contribution in [0.3, 0.4) is 0 Å². The Bertz CT molecular complexity index is 1020. The number of halogens is 6. The van der Waals surface area contributed by atoms with E-state index in [-0.39, 0.29) is 5.69 Å². The Morgan fingerprint density at radius 2 is 1.89 bits per heavy atom. The van der Waals surface area contributed by atoms with E-state index >= 15 is 0 Å². The maximum atomic E-state index is 13.9. The molecule has 28 heavy (non-hydrogen) atoms. The molecule has 1 amide bonds. The highest BCUT2D eigenvalue weighted by Crippen LogP contribution is 2.29. The molecular weight excluding hydrogens is 431 g/mol. The fraction of sp³-hybridized carbons (Fsp3) is 0.312. The lowest BCUT2D eigenvalue weighted by Gasteiger charge is -2.14. The average Bonchev–Trinajstić information content (AvgIpc) is 2.97. The van der Waals surface area contributed by atoms with Crippen molar-refractivity contribution in [3.63, 3.8) is 0 Å². The topological polar surface area (TPSA) is 68.2 Å². The molecule has 2 aromatic rings. The third kappa shape index (κ3) is 4.64. The monoisotopic (exact) mass is 444 g/mol. The fourth-order valence-electron chi connectivity index (χ4n) is 2.26. The minimum Gasteiger partial charge on any atom is -0.345 e. The number of carbonyl (C=O) groups excluding carboxylic acids is 1. The summed E-state index contributed by atoms with van der Waals surface area (Å²) in [5, 5.41) is 1.27. The number of hydrogen-bond donors (Lipinski definition) is 1. The van der Waals surface area contributed by atoms with Gasteiger partial charge >= 0.3 is 6.18 Å². The number of aromatic nitrogens is 1. The third-order valence-electron chi connectivity index (χ3n) is 3.88. The molecule has 0 aliphatic carbocycles. The van der Waals surface area contributed by atoms with Gasteiger partial charge in [0.25, 0.3) is 5.91 Å². The van der Waals surface area contributed by atoms with Gasteiger partial charge in [-0.1, -0.05) is 18.5 Å². The molecule has 0 unspecified atom stereocenters. The minimum absolute atomic E-state index is 0.266. The number of carbonyl (C=O) groups is 1. The number of aryl methyl sites for hydroxylation is 1. The number of nitrogens with zero attached hydrogens (tertiary/aromatic N) is 1. The van der Waals surface area contributed by atoms with E-state index < -0.39 is 60.8 Å². The molecule has 12 heteroatoms. The van der Waals surface area contributed by atoms with Crippen molar-refractivity contribution in [1.82, 2.24) is 4.57 Å². The molecule has 1 heterocycles. The number of amides is 1. The number of nitrogens with one attached hydrogen (secondary N) is 1. The summed E-state index contributed by atoms with van der Waals surface area (Å²) in [5.41, 5.74) is -0.717. The molecule has 0 fully saturated rings. The van der Waals surface area contributed by atoms with Crippen molar-refractivity contribution in [2.24, 2.45) is 13.0 Å². The molecule has 2 rings (SSSR count). The predicted octanol–water partition coefficient (Wildman–Crippen LogP) is 4.18. The van der Waals surface area contributed by atoms with Gasteiger partial charge in [-0.15, -0.1) is 0 Å². The van der Waals surface area contributed by atoms with E-state index in [1.807, 2.05) is 0 Å². The Kier molecular flexibility index (Phi) is 6.10. The van der Waals surface area contributed by atoms with Gasteiger partial charge in [0.15, 0.2) is 15.7 Å². The van der Waals surface area contributed by atoms with Crippen LogP contribution in [-0.2, 0) is 16.9 Å². The van der Waals surface area contributed by atoms with Gasteiger partial charge in [-0.25, -0.2) is 17.2 Å². The smallest absolute Gasteiger partial charge is 0.345 e. The summed E-state index contributed by atoms with van der Waals surface area (Å²) in [6.07, 6.45) is -3.72. The van der Waals surface area contributed by atoms with Gasteiger partial charge in [-0.3, -0.25) is 4.79 Å². The molecule has 154 valence electrons. The standard InChI is InChI=1S/C16H14ClF5N2O3S/c1-8(16(20,21)22)7-28(26,27)9-5-12(24(2)6-9)15(25)23-11-4-3-10(18)13(17)14(11)19/h3-6,8H,7H2,1-2H3,(H,23,25)/t8-/m1/s1. The number of rotatable bonds is 5. The van der Waals surface area contributed by atoms with Gasteiger partial charge in [-0.05, 0) is 18.2 Å². The Balaban J connectivity index is 2.29. The highest BCUT2D eigenvalue weighted by molar-refractivity contribution is 7.91. The van der Waals surface area contributed by atoms with Crippen LogP contribution >= 0.6 is 11.6 Å². The molecule has 5 nitrogen and oxygen atoms in total. The highest BCUT2D eigenvalue weighted by Gasteiger charge is 2.39. The number of sulfone groups is 1. The summed E-state index contributed by atoms with van der Waals surface area (Å²) in [5.74, 6) is -6.52. The van der Waals surface area contributed by atoms with E-state index in [1.165, 1.54) is 7.05 Å². The summed E-state index contributed by atoms with van der Waals surface area (Å²) in [7, 11) is -3.05. The summed E-state index contributed by atoms with van der Waals surface area (Å²) in [6, 6.07) is 2.61. The Hall–Kier alpha value is -2.14. The first-order chi connectivity index (χ1) is 12.7. The van der Waals surface area contributed by atoms with Crippen molar-refractivity contribution in [3.05, 3.63) is 46.7 Å². The van der Waals surface area contributed by atoms with E-state index in [4.69, 9.17) is 11.6 Å². The number of anilines is 1. The highest BCUT2D eigenvalue weighted by atomic mass is 35.5. The molecule has 1 atom stereocenters. The molecule has 0 aliphatic heterocycles. The molecule has 0 bridgehead atoms. The summed E-state index contributed by atoms with van der Waals surface area (Å²) < 4.78 is 90.5. The Morgan fingerprint density at radius 1 is 1.29 bits per heavy atom.